The van der Waals surface area contributed by atoms with E-state index in [4.69, 9.17) is 5.11 Å². The van der Waals surface area contributed by atoms with Gasteiger partial charge in [-0.2, -0.15) is 0 Å². The molecule has 0 saturated carbocycles. The van der Waals surface area contributed by atoms with Crippen molar-refractivity contribution < 1.29 is 19.5 Å². The molecule has 0 aromatic rings. The van der Waals surface area contributed by atoms with Gasteiger partial charge in [0, 0.05) is 7.05 Å². The Bertz CT molecular complexity index is 378. The molecule has 2 amide bonds. The highest BCUT2D eigenvalue weighted by atomic mass is 16.4. The van der Waals surface area contributed by atoms with Crippen LogP contribution in [0.25, 0.3) is 0 Å². The standard InChI is InChI=1S/C12H18N2O4/c1-7(10(15)13-2)14-11(16)8-5-3-4-6-9(8)12(17)18/h3-4,7-9H,5-6H2,1-2H3,(H,13,15)(H,14,16)(H,17,18). The van der Waals surface area contributed by atoms with Gasteiger partial charge in [0.25, 0.3) is 0 Å². The van der Waals surface area contributed by atoms with Crippen molar-refractivity contribution in [2.24, 2.45) is 11.8 Å². The average molecular weight is 254 g/mol. The van der Waals surface area contributed by atoms with Crippen LogP contribution in [0.3, 0.4) is 0 Å². The zero-order chi connectivity index (χ0) is 13.7. The highest BCUT2D eigenvalue weighted by Gasteiger charge is 2.34. The first kappa shape index (κ1) is 14.2. The summed E-state index contributed by atoms with van der Waals surface area (Å²) in [4.78, 5) is 34.3. The second kappa shape index (κ2) is 6.18. The van der Waals surface area contributed by atoms with Gasteiger partial charge < -0.3 is 15.7 Å². The van der Waals surface area contributed by atoms with Crippen molar-refractivity contribution in [3.8, 4) is 0 Å². The fraction of sp³-hybridized carbons (Fsp3) is 0.583. The molecule has 0 aliphatic heterocycles. The lowest BCUT2D eigenvalue weighted by atomic mass is 9.82. The highest BCUT2D eigenvalue weighted by Crippen LogP contribution is 2.26. The van der Waals surface area contributed by atoms with Gasteiger partial charge in [-0.25, -0.2) is 0 Å². The Morgan fingerprint density at radius 1 is 1.22 bits per heavy atom. The third-order valence-corrected chi connectivity index (χ3v) is 3.08. The van der Waals surface area contributed by atoms with Crippen LogP contribution in [0.1, 0.15) is 19.8 Å². The Kier molecular flexibility index (Phi) is 4.88. The van der Waals surface area contributed by atoms with E-state index in [2.05, 4.69) is 10.6 Å². The number of carbonyl (C=O) groups is 3. The van der Waals surface area contributed by atoms with Gasteiger partial charge >= 0.3 is 5.97 Å². The monoisotopic (exact) mass is 254 g/mol. The molecule has 1 aliphatic carbocycles. The molecule has 100 valence electrons. The molecule has 0 fully saturated rings. The maximum Gasteiger partial charge on any atom is 0.307 e. The molecule has 0 spiro atoms. The number of rotatable bonds is 4. The first-order valence-electron chi connectivity index (χ1n) is 5.87. The van der Waals surface area contributed by atoms with Crippen LogP contribution in [-0.4, -0.2) is 36.0 Å². The summed E-state index contributed by atoms with van der Waals surface area (Å²) in [7, 11) is 1.48. The van der Waals surface area contributed by atoms with E-state index in [0.717, 1.165) is 0 Å². The zero-order valence-corrected chi connectivity index (χ0v) is 10.5. The van der Waals surface area contributed by atoms with Crippen molar-refractivity contribution in [1.29, 1.82) is 0 Å². The van der Waals surface area contributed by atoms with Crippen LogP contribution in [0.15, 0.2) is 12.2 Å². The summed E-state index contributed by atoms with van der Waals surface area (Å²) in [6.07, 6.45) is 4.31. The molecule has 3 atom stereocenters. The Balaban J connectivity index is 2.67. The molecule has 6 heteroatoms. The molecule has 1 aliphatic rings. The molecule has 0 aromatic heterocycles. The molecule has 0 bridgehead atoms. The van der Waals surface area contributed by atoms with Gasteiger partial charge in [0.2, 0.25) is 11.8 Å². The fourth-order valence-electron chi connectivity index (χ4n) is 1.98. The highest BCUT2D eigenvalue weighted by molar-refractivity contribution is 5.90. The number of nitrogens with one attached hydrogen (secondary N) is 2. The van der Waals surface area contributed by atoms with Crippen molar-refractivity contribution in [3.63, 3.8) is 0 Å². The molecule has 0 heterocycles. The summed E-state index contributed by atoms with van der Waals surface area (Å²) < 4.78 is 0. The minimum atomic E-state index is -0.980. The van der Waals surface area contributed by atoms with Crippen LogP contribution >= 0.6 is 0 Å². The molecule has 0 aromatic carbocycles. The Hall–Kier alpha value is -1.85. The van der Waals surface area contributed by atoms with Crippen LogP contribution in [0.5, 0.6) is 0 Å². The van der Waals surface area contributed by atoms with Crippen molar-refractivity contribution in [2.75, 3.05) is 7.05 Å². The summed E-state index contributed by atoms with van der Waals surface area (Å²) in [5, 5.41) is 14.0. The van der Waals surface area contributed by atoms with Crippen LogP contribution in [-0.2, 0) is 14.4 Å². The van der Waals surface area contributed by atoms with Crippen molar-refractivity contribution in [3.05, 3.63) is 12.2 Å². The lowest BCUT2D eigenvalue weighted by molar-refractivity contribution is -0.147. The van der Waals surface area contributed by atoms with Crippen molar-refractivity contribution >= 4 is 17.8 Å². The smallest absolute Gasteiger partial charge is 0.307 e. The minimum absolute atomic E-state index is 0.304. The van der Waals surface area contributed by atoms with E-state index < -0.39 is 23.8 Å². The normalized spacial score (nSPS) is 24.1. The van der Waals surface area contributed by atoms with Gasteiger partial charge in [-0.3, -0.25) is 14.4 Å². The molecule has 3 N–H and O–H groups in total. The minimum Gasteiger partial charge on any atom is -0.481 e. The fourth-order valence-corrected chi connectivity index (χ4v) is 1.98. The number of amides is 2. The molecular weight excluding hydrogens is 236 g/mol. The van der Waals surface area contributed by atoms with Gasteiger partial charge in [0.05, 0.1) is 11.8 Å². The molecule has 3 unspecified atom stereocenters. The largest absolute Gasteiger partial charge is 0.481 e. The molecule has 1 rings (SSSR count). The first-order chi connectivity index (χ1) is 8.47. The van der Waals surface area contributed by atoms with Crippen molar-refractivity contribution in [1.82, 2.24) is 10.6 Å². The van der Waals surface area contributed by atoms with E-state index in [-0.39, 0.29) is 11.8 Å². The SMILES string of the molecule is CNC(=O)C(C)NC(=O)C1CC=CCC1C(=O)O. The molecule has 0 radical (unpaired) electrons. The Morgan fingerprint density at radius 2 is 1.78 bits per heavy atom. The number of hydrogen-bond donors (Lipinski definition) is 3. The number of carbonyl (C=O) groups excluding carboxylic acids is 2. The summed E-state index contributed by atoms with van der Waals surface area (Å²) in [5.74, 6) is -3.00. The van der Waals surface area contributed by atoms with Crippen LogP contribution in [0, 0.1) is 11.8 Å². The number of carboxylic acids is 1. The maximum absolute atomic E-state index is 12.0. The lowest BCUT2D eigenvalue weighted by Gasteiger charge is -2.25. The summed E-state index contributed by atoms with van der Waals surface area (Å²) in [6.45, 7) is 1.56. The summed E-state index contributed by atoms with van der Waals surface area (Å²) >= 11 is 0. The van der Waals surface area contributed by atoms with E-state index in [1.165, 1.54) is 7.05 Å². The number of allylic oxidation sites excluding steroid dienone is 2. The summed E-state index contributed by atoms with van der Waals surface area (Å²) in [6, 6.07) is -0.664. The number of aliphatic carboxylic acids is 1. The van der Waals surface area contributed by atoms with Crippen LogP contribution in [0.2, 0.25) is 0 Å². The Morgan fingerprint density at radius 3 is 2.28 bits per heavy atom. The van der Waals surface area contributed by atoms with E-state index in [0.29, 0.717) is 12.8 Å². The summed E-state index contributed by atoms with van der Waals surface area (Å²) in [5.41, 5.74) is 0. The second-order valence-corrected chi connectivity index (χ2v) is 4.34. The third-order valence-electron chi connectivity index (χ3n) is 3.08. The van der Waals surface area contributed by atoms with Crippen molar-refractivity contribution in [2.45, 2.75) is 25.8 Å². The zero-order valence-electron chi connectivity index (χ0n) is 10.5. The first-order valence-corrected chi connectivity index (χ1v) is 5.87. The molecule has 0 saturated heterocycles. The van der Waals surface area contributed by atoms with Gasteiger partial charge in [-0.15, -0.1) is 0 Å². The van der Waals surface area contributed by atoms with Gasteiger partial charge in [-0.05, 0) is 19.8 Å². The Labute approximate surface area is 105 Å². The topological polar surface area (TPSA) is 95.5 Å². The van der Waals surface area contributed by atoms with Gasteiger partial charge in [-0.1, -0.05) is 12.2 Å². The van der Waals surface area contributed by atoms with E-state index in [9.17, 15) is 14.4 Å². The molecular formula is C12H18N2O4. The number of likely N-dealkylation sites (N-methyl/N-ethyl adjacent to an activating group) is 1. The predicted molar refractivity (Wildman–Crippen MR) is 64.7 cm³/mol. The molecule has 6 nitrogen and oxygen atoms in total. The van der Waals surface area contributed by atoms with Crippen LogP contribution in [0.4, 0.5) is 0 Å². The number of carboxylic acid groups (broad SMARTS) is 1. The molecule has 18 heavy (non-hydrogen) atoms. The van der Waals surface area contributed by atoms with Crippen LogP contribution < -0.4 is 10.6 Å². The van der Waals surface area contributed by atoms with E-state index in [1.807, 2.05) is 0 Å². The lowest BCUT2D eigenvalue weighted by Crippen LogP contribution is -2.48. The second-order valence-electron chi connectivity index (χ2n) is 4.34. The third kappa shape index (κ3) is 3.32. The number of hydrogen-bond acceptors (Lipinski definition) is 3. The van der Waals surface area contributed by atoms with E-state index >= 15 is 0 Å². The quantitative estimate of drug-likeness (QED) is 0.611. The van der Waals surface area contributed by atoms with E-state index in [1.54, 1.807) is 19.1 Å². The predicted octanol–water partition coefficient (Wildman–Crippen LogP) is -0.0959. The maximum atomic E-state index is 12.0. The average Bonchev–Trinajstić information content (AvgIpc) is 2.37. The van der Waals surface area contributed by atoms with Gasteiger partial charge in [0.15, 0.2) is 0 Å². The van der Waals surface area contributed by atoms with Gasteiger partial charge in [0.1, 0.15) is 6.04 Å².